The summed E-state index contributed by atoms with van der Waals surface area (Å²) in [6.45, 7) is 4.27. The van der Waals surface area contributed by atoms with Crippen molar-refractivity contribution in [1.29, 1.82) is 0 Å². The summed E-state index contributed by atoms with van der Waals surface area (Å²) < 4.78 is 5.17. The van der Waals surface area contributed by atoms with Crippen molar-refractivity contribution in [3.8, 4) is 0 Å². The van der Waals surface area contributed by atoms with Crippen molar-refractivity contribution in [3.05, 3.63) is 29.8 Å². The van der Waals surface area contributed by atoms with Crippen molar-refractivity contribution >= 4 is 23.5 Å². The summed E-state index contributed by atoms with van der Waals surface area (Å²) in [5.41, 5.74) is 0.950. The highest BCUT2D eigenvalue weighted by Gasteiger charge is 2.51. The fourth-order valence-corrected chi connectivity index (χ4v) is 4.25. The molecule has 1 amide bonds. The third kappa shape index (κ3) is 3.74. The van der Waals surface area contributed by atoms with E-state index < -0.39 is 23.8 Å². The standard InChI is InChI=1S/C20H25NO5/c1-11(2)10-26-20(25)12-5-7-15(8-6-12)21-18(22)16-13-3-4-14(9-13)17(16)19(23)24/h5-8,11,13-14,16-17H,3-4,9-10H2,1-2H3,(H,21,22)(H,23,24)/p-1/t13-,14-,16+,17+/m0/s1. The van der Waals surface area contributed by atoms with E-state index in [0.717, 1.165) is 19.3 Å². The van der Waals surface area contributed by atoms with Crippen LogP contribution in [0.1, 0.15) is 43.5 Å². The van der Waals surface area contributed by atoms with Gasteiger partial charge in [0.2, 0.25) is 5.91 Å². The van der Waals surface area contributed by atoms with Crippen LogP contribution in [0.2, 0.25) is 0 Å². The summed E-state index contributed by atoms with van der Waals surface area (Å²) in [5.74, 6) is -2.60. The molecule has 26 heavy (non-hydrogen) atoms. The topological polar surface area (TPSA) is 95.5 Å². The zero-order valence-electron chi connectivity index (χ0n) is 15.1. The first-order valence-electron chi connectivity index (χ1n) is 9.15. The van der Waals surface area contributed by atoms with Gasteiger partial charge in [-0.15, -0.1) is 0 Å². The van der Waals surface area contributed by atoms with Crippen molar-refractivity contribution < 1.29 is 24.2 Å². The SMILES string of the molecule is CC(C)COC(=O)c1ccc(NC(=O)[C@@H]2[C@H]3CC[C@@H](C3)[C@H]2C(=O)[O-])cc1. The third-order valence-electron chi connectivity index (χ3n) is 5.43. The van der Waals surface area contributed by atoms with Crippen molar-refractivity contribution in [2.45, 2.75) is 33.1 Å². The van der Waals surface area contributed by atoms with E-state index in [9.17, 15) is 19.5 Å². The van der Waals surface area contributed by atoms with E-state index in [4.69, 9.17) is 4.74 Å². The molecular weight excluding hydrogens is 334 g/mol. The first-order chi connectivity index (χ1) is 12.4. The second kappa shape index (κ2) is 7.48. The number of esters is 1. The number of benzene rings is 1. The smallest absolute Gasteiger partial charge is 0.338 e. The number of rotatable bonds is 6. The number of carboxylic acids is 1. The van der Waals surface area contributed by atoms with Crippen LogP contribution in [0.4, 0.5) is 5.69 Å². The highest BCUT2D eigenvalue weighted by atomic mass is 16.5. The van der Waals surface area contributed by atoms with E-state index in [1.54, 1.807) is 24.3 Å². The third-order valence-corrected chi connectivity index (χ3v) is 5.43. The number of aliphatic carboxylic acids is 1. The van der Waals surface area contributed by atoms with Crippen LogP contribution in [-0.2, 0) is 14.3 Å². The molecule has 2 saturated carbocycles. The van der Waals surface area contributed by atoms with E-state index in [2.05, 4.69) is 5.32 Å². The lowest BCUT2D eigenvalue weighted by Crippen LogP contribution is -2.43. The molecule has 6 heteroatoms. The van der Waals surface area contributed by atoms with E-state index in [1.807, 2.05) is 13.8 Å². The van der Waals surface area contributed by atoms with E-state index in [0.29, 0.717) is 17.9 Å². The summed E-state index contributed by atoms with van der Waals surface area (Å²) in [6, 6.07) is 6.45. The fourth-order valence-electron chi connectivity index (χ4n) is 4.25. The summed E-state index contributed by atoms with van der Waals surface area (Å²) in [4.78, 5) is 36.0. The Morgan fingerprint density at radius 1 is 1.12 bits per heavy atom. The molecule has 0 radical (unpaired) electrons. The van der Waals surface area contributed by atoms with Gasteiger partial charge in [0.15, 0.2) is 0 Å². The second-order valence-electron chi connectivity index (χ2n) is 7.76. The molecule has 1 N–H and O–H groups in total. The minimum atomic E-state index is -1.12. The zero-order valence-corrected chi connectivity index (χ0v) is 15.1. The fraction of sp³-hybridized carbons (Fsp3) is 0.550. The van der Waals surface area contributed by atoms with Gasteiger partial charge in [0.25, 0.3) is 0 Å². The lowest BCUT2D eigenvalue weighted by Gasteiger charge is -2.30. The molecule has 0 unspecified atom stereocenters. The molecule has 0 aromatic heterocycles. The Hall–Kier alpha value is -2.37. The van der Waals surface area contributed by atoms with Crippen LogP contribution in [0, 0.1) is 29.6 Å². The van der Waals surface area contributed by atoms with Gasteiger partial charge < -0.3 is 20.0 Å². The normalized spacial score (nSPS) is 26.7. The van der Waals surface area contributed by atoms with Crippen molar-refractivity contribution in [1.82, 2.24) is 0 Å². The van der Waals surface area contributed by atoms with Crippen LogP contribution in [0.5, 0.6) is 0 Å². The lowest BCUT2D eigenvalue weighted by molar-refractivity contribution is -0.314. The van der Waals surface area contributed by atoms with Gasteiger partial charge in [0.1, 0.15) is 0 Å². The molecule has 0 aliphatic heterocycles. The first-order valence-corrected chi connectivity index (χ1v) is 9.15. The van der Waals surface area contributed by atoms with Gasteiger partial charge in [-0.2, -0.15) is 0 Å². The Morgan fingerprint density at radius 2 is 1.73 bits per heavy atom. The Kier molecular flexibility index (Phi) is 5.30. The molecule has 2 bridgehead atoms. The molecule has 2 aliphatic rings. The number of amides is 1. The van der Waals surface area contributed by atoms with Crippen LogP contribution in [0.15, 0.2) is 24.3 Å². The molecule has 140 valence electrons. The minimum absolute atomic E-state index is 0.0545. The van der Waals surface area contributed by atoms with Gasteiger partial charge >= 0.3 is 5.97 Å². The first kappa shape index (κ1) is 18.4. The summed E-state index contributed by atoms with van der Waals surface area (Å²) in [5, 5.41) is 14.2. The number of nitrogens with one attached hydrogen (secondary N) is 1. The Labute approximate surface area is 152 Å². The van der Waals surface area contributed by atoms with Crippen LogP contribution in [0.3, 0.4) is 0 Å². The Morgan fingerprint density at radius 3 is 2.31 bits per heavy atom. The maximum Gasteiger partial charge on any atom is 0.338 e. The predicted molar refractivity (Wildman–Crippen MR) is 93.0 cm³/mol. The quantitative estimate of drug-likeness (QED) is 0.783. The molecule has 1 aromatic carbocycles. The number of carboxylic acid groups (broad SMARTS) is 1. The Balaban J connectivity index is 1.63. The van der Waals surface area contributed by atoms with Crippen LogP contribution in [0.25, 0.3) is 0 Å². The molecule has 0 spiro atoms. The predicted octanol–water partition coefficient (Wildman–Crippen LogP) is 1.85. The molecule has 6 nitrogen and oxygen atoms in total. The molecule has 2 fully saturated rings. The van der Waals surface area contributed by atoms with Crippen molar-refractivity contribution in [2.24, 2.45) is 29.6 Å². The molecule has 2 aliphatic carbocycles. The highest BCUT2D eigenvalue weighted by Crippen LogP contribution is 2.52. The van der Waals surface area contributed by atoms with Gasteiger partial charge in [-0.3, -0.25) is 4.79 Å². The maximum absolute atomic E-state index is 12.6. The zero-order chi connectivity index (χ0) is 18.8. The highest BCUT2D eigenvalue weighted by molar-refractivity contribution is 5.96. The number of ether oxygens (including phenoxy) is 1. The van der Waals surface area contributed by atoms with Crippen LogP contribution in [-0.4, -0.2) is 24.5 Å². The van der Waals surface area contributed by atoms with Crippen molar-refractivity contribution in [3.63, 3.8) is 0 Å². The van der Waals surface area contributed by atoms with Crippen LogP contribution >= 0.6 is 0 Å². The average molecular weight is 358 g/mol. The molecular formula is C20H24NO5-. The number of hydrogen-bond donors (Lipinski definition) is 1. The summed E-state index contributed by atoms with van der Waals surface area (Å²) in [7, 11) is 0. The average Bonchev–Trinajstić information content (AvgIpc) is 3.21. The van der Waals surface area contributed by atoms with Gasteiger partial charge in [-0.25, -0.2) is 4.79 Å². The number of fused-ring (bicyclic) bond motifs is 2. The number of carbonyl (C=O) groups excluding carboxylic acids is 3. The molecule has 0 heterocycles. The number of carbonyl (C=O) groups is 3. The monoisotopic (exact) mass is 358 g/mol. The minimum Gasteiger partial charge on any atom is -0.550 e. The van der Waals surface area contributed by atoms with Gasteiger partial charge in [-0.05, 0) is 61.3 Å². The van der Waals surface area contributed by atoms with E-state index >= 15 is 0 Å². The molecule has 3 rings (SSSR count). The molecule has 0 saturated heterocycles. The second-order valence-corrected chi connectivity index (χ2v) is 7.76. The van der Waals surface area contributed by atoms with Crippen LogP contribution < -0.4 is 10.4 Å². The van der Waals surface area contributed by atoms with Crippen molar-refractivity contribution in [2.75, 3.05) is 11.9 Å². The Bertz CT molecular complexity index is 697. The number of hydrogen-bond acceptors (Lipinski definition) is 5. The van der Waals surface area contributed by atoms with E-state index in [-0.39, 0.29) is 23.7 Å². The molecule has 1 aromatic rings. The van der Waals surface area contributed by atoms with Gasteiger partial charge in [0.05, 0.1) is 12.2 Å². The number of anilines is 1. The van der Waals surface area contributed by atoms with E-state index in [1.165, 1.54) is 0 Å². The largest absolute Gasteiger partial charge is 0.550 e. The maximum atomic E-state index is 12.6. The van der Waals surface area contributed by atoms with Gasteiger partial charge in [0, 0.05) is 23.5 Å². The molecule has 4 atom stereocenters. The lowest BCUT2D eigenvalue weighted by atomic mass is 9.78. The summed E-state index contributed by atoms with van der Waals surface area (Å²) in [6.07, 6.45) is 2.55. The summed E-state index contributed by atoms with van der Waals surface area (Å²) >= 11 is 0. The van der Waals surface area contributed by atoms with Gasteiger partial charge in [-0.1, -0.05) is 13.8 Å².